The third-order valence-corrected chi connectivity index (χ3v) is 9.06. The van der Waals surface area contributed by atoms with E-state index in [1.807, 2.05) is 44.2 Å². The Kier molecular flexibility index (Phi) is 12.2. The maximum absolute atomic E-state index is 13.5. The van der Waals surface area contributed by atoms with Gasteiger partial charge in [0.05, 0.1) is 18.6 Å². The molecule has 45 heavy (non-hydrogen) atoms. The van der Waals surface area contributed by atoms with Gasteiger partial charge in [0.25, 0.3) is 0 Å². The smallest absolute Gasteiger partial charge is 0.332 e. The maximum Gasteiger partial charge on any atom is 0.332 e. The van der Waals surface area contributed by atoms with E-state index in [1.165, 1.54) is 13.2 Å². The molecule has 4 N–H and O–H groups in total. The minimum Gasteiger partial charge on any atom is -0.508 e. The number of phenols is 1. The van der Waals surface area contributed by atoms with Crippen molar-refractivity contribution in [3.63, 3.8) is 0 Å². The minimum atomic E-state index is -0.984. The number of ether oxygens (including phenoxy) is 2. The number of aliphatic hydroxyl groups is 1. The molecule has 2 amide bonds. The molecule has 9 nitrogen and oxygen atoms in total. The number of fused-ring (bicyclic) bond motifs is 2. The highest BCUT2D eigenvalue weighted by atomic mass is 16.5. The second-order valence-electron chi connectivity index (χ2n) is 12.7. The Morgan fingerprint density at radius 1 is 1.04 bits per heavy atom. The Bertz CT molecular complexity index is 1320. The fourth-order valence-corrected chi connectivity index (χ4v) is 5.94. The third-order valence-electron chi connectivity index (χ3n) is 9.06. The van der Waals surface area contributed by atoms with Crippen molar-refractivity contribution in [1.29, 1.82) is 0 Å². The summed E-state index contributed by atoms with van der Waals surface area (Å²) >= 11 is 0. The summed E-state index contributed by atoms with van der Waals surface area (Å²) in [7, 11) is 1.54. The summed E-state index contributed by atoms with van der Waals surface area (Å²) in [5, 5.41) is 27.5. The number of nitrogens with one attached hydrogen (secondary N) is 2. The Morgan fingerprint density at radius 3 is 2.49 bits per heavy atom. The second kappa shape index (κ2) is 16.0. The lowest BCUT2D eigenvalue weighted by Crippen LogP contribution is -2.48. The van der Waals surface area contributed by atoms with Gasteiger partial charge in [-0.15, -0.1) is 0 Å². The summed E-state index contributed by atoms with van der Waals surface area (Å²) in [5.74, 6) is -1.24. The first-order valence-corrected chi connectivity index (χ1v) is 16.1. The average Bonchev–Trinajstić information content (AvgIpc) is 3.81. The molecule has 0 aromatic heterocycles. The number of anilines is 1. The second-order valence-corrected chi connectivity index (χ2v) is 12.7. The van der Waals surface area contributed by atoms with E-state index >= 15 is 0 Å². The number of carbonyl (C=O) groups excluding carboxylic acids is 3. The predicted molar refractivity (Wildman–Crippen MR) is 173 cm³/mol. The summed E-state index contributed by atoms with van der Waals surface area (Å²) in [6.45, 7) is 3.67. The van der Waals surface area contributed by atoms with Crippen LogP contribution in [0.4, 0.5) is 5.69 Å². The molecule has 2 fully saturated rings. The van der Waals surface area contributed by atoms with Gasteiger partial charge in [-0.3, -0.25) is 9.59 Å². The van der Waals surface area contributed by atoms with Gasteiger partial charge < -0.3 is 30.3 Å². The monoisotopic (exact) mass is 620 g/mol. The molecule has 1 aliphatic heterocycles. The lowest BCUT2D eigenvalue weighted by Gasteiger charge is -2.30. The summed E-state index contributed by atoms with van der Waals surface area (Å²) < 4.78 is 11.5. The molecule has 0 spiro atoms. The van der Waals surface area contributed by atoms with Gasteiger partial charge in [-0.25, -0.2) is 4.79 Å². The van der Waals surface area contributed by atoms with Crippen molar-refractivity contribution in [2.45, 2.75) is 102 Å². The number of phenolic OH excluding ortho intramolecular Hbond substituents is 1. The first-order chi connectivity index (χ1) is 21.6. The Hall–Kier alpha value is -3.69. The van der Waals surface area contributed by atoms with Crippen LogP contribution in [0.15, 0.2) is 66.3 Å². The maximum atomic E-state index is 13.5. The number of allylic oxidation sites excluding steroid dienone is 5. The first kappa shape index (κ1) is 34.2. The highest BCUT2D eigenvalue weighted by Gasteiger charge is 2.54. The Morgan fingerprint density at radius 2 is 1.78 bits per heavy atom. The van der Waals surface area contributed by atoms with Gasteiger partial charge in [-0.1, -0.05) is 68.7 Å². The standard InChI is InChI=1S/C36H48N2O7/c1-24-16-17-26-20-28(22-29(39)21-26)37-32(40)23-30(44-3)14-10-5-4-6-11-15-31(25(2)33(24)41)45-35(43)36(18-19-36)38-34(42)27-12-8-7-9-13-27/h4-6,10-11,14,16,20-22,25,27,30-31,33,39,41H,7-9,12-13,15,17-19,23H2,1-3H3,(H,37,40)(H,38,42)/b5-4+,11-6+,14-10+,24-16-/t25-,30-,31-,33-/m0/s1. The quantitative estimate of drug-likeness (QED) is 0.255. The molecule has 9 heteroatoms. The molecule has 1 aromatic rings. The van der Waals surface area contributed by atoms with Crippen LogP contribution in [0.2, 0.25) is 0 Å². The zero-order valence-corrected chi connectivity index (χ0v) is 26.7. The molecule has 1 aromatic carbocycles. The molecule has 0 unspecified atom stereocenters. The van der Waals surface area contributed by atoms with Crippen molar-refractivity contribution in [2.24, 2.45) is 11.8 Å². The lowest BCUT2D eigenvalue weighted by molar-refractivity contribution is -0.158. The number of hydrogen-bond acceptors (Lipinski definition) is 7. The number of benzene rings is 1. The van der Waals surface area contributed by atoms with Crippen molar-refractivity contribution in [1.82, 2.24) is 5.32 Å². The van der Waals surface area contributed by atoms with Crippen molar-refractivity contribution in [3.05, 3.63) is 71.9 Å². The summed E-state index contributed by atoms with van der Waals surface area (Å²) in [4.78, 5) is 39.1. The van der Waals surface area contributed by atoms with Crippen LogP contribution in [-0.2, 0) is 30.3 Å². The van der Waals surface area contributed by atoms with Gasteiger partial charge in [0.1, 0.15) is 17.4 Å². The number of esters is 1. The van der Waals surface area contributed by atoms with Crippen molar-refractivity contribution in [2.75, 3.05) is 12.4 Å². The van der Waals surface area contributed by atoms with Crippen LogP contribution < -0.4 is 10.6 Å². The molecule has 0 saturated heterocycles. The number of carbonyl (C=O) groups is 3. The molecule has 244 valence electrons. The number of methoxy groups -OCH3 is 1. The van der Waals surface area contributed by atoms with Crippen LogP contribution in [0.1, 0.15) is 77.2 Å². The van der Waals surface area contributed by atoms with Gasteiger partial charge in [0.2, 0.25) is 11.8 Å². The van der Waals surface area contributed by atoms with E-state index in [-0.39, 0.29) is 29.9 Å². The Labute approximate surface area is 266 Å². The zero-order chi connectivity index (χ0) is 32.4. The van der Waals surface area contributed by atoms with Gasteiger partial charge in [-0.2, -0.15) is 0 Å². The predicted octanol–water partition coefficient (Wildman–Crippen LogP) is 5.43. The van der Waals surface area contributed by atoms with E-state index in [1.54, 1.807) is 24.3 Å². The fourth-order valence-electron chi connectivity index (χ4n) is 5.94. The first-order valence-electron chi connectivity index (χ1n) is 16.1. The van der Waals surface area contributed by atoms with Crippen LogP contribution in [0.3, 0.4) is 0 Å². The Balaban J connectivity index is 1.53. The molecule has 0 radical (unpaired) electrons. The third kappa shape index (κ3) is 9.90. The molecule has 3 aliphatic rings. The molecule has 4 rings (SSSR count). The SMILES string of the molecule is CO[C@H]1/C=C/C=C/C=C/C[C@H](OC(=O)C2(NC(=O)C3CCCCC3)CC2)[C@H](C)[C@@H](O)/C(C)=C\Cc2cc(O)cc(c2)NC(=O)C1. The number of aliphatic hydroxyl groups excluding tert-OH is 1. The van der Waals surface area contributed by atoms with E-state index in [0.717, 1.165) is 37.7 Å². The summed E-state index contributed by atoms with van der Waals surface area (Å²) in [6, 6.07) is 4.87. The molecule has 4 atom stereocenters. The summed E-state index contributed by atoms with van der Waals surface area (Å²) in [6.07, 6.45) is 17.7. The fraction of sp³-hybridized carbons (Fsp3) is 0.528. The van der Waals surface area contributed by atoms with Gasteiger partial charge in [0.15, 0.2) is 0 Å². The average molecular weight is 621 g/mol. The van der Waals surface area contributed by atoms with Gasteiger partial charge in [-0.05, 0) is 62.3 Å². The number of aromatic hydroxyl groups is 1. The minimum absolute atomic E-state index is 0.0154. The molecular formula is C36H48N2O7. The van der Waals surface area contributed by atoms with E-state index in [2.05, 4.69) is 10.6 Å². The van der Waals surface area contributed by atoms with Crippen molar-refractivity contribution in [3.8, 4) is 5.75 Å². The van der Waals surface area contributed by atoms with Gasteiger partial charge in [0, 0.05) is 37.1 Å². The number of rotatable bonds is 5. The van der Waals surface area contributed by atoms with Crippen LogP contribution in [0, 0.1) is 11.8 Å². The highest BCUT2D eigenvalue weighted by Crippen LogP contribution is 2.39. The number of hydrogen-bond donors (Lipinski definition) is 4. The lowest BCUT2D eigenvalue weighted by atomic mass is 9.88. The zero-order valence-electron chi connectivity index (χ0n) is 26.7. The molecular weight excluding hydrogens is 572 g/mol. The van der Waals surface area contributed by atoms with E-state index in [4.69, 9.17) is 9.47 Å². The molecule has 2 bridgehead atoms. The topological polar surface area (TPSA) is 134 Å². The largest absolute Gasteiger partial charge is 0.508 e. The normalized spacial score (nSPS) is 29.6. The highest BCUT2D eigenvalue weighted by molar-refractivity contribution is 5.92. The molecule has 1 heterocycles. The molecule has 2 aliphatic carbocycles. The molecule has 2 saturated carbocycles. The van der Waals surface area contributed by atoms with Crippen molar-refractivity contribution < 1.29 is 34.1 Å². The number of amides is 2. The van der Waals surface area contributed by atoms with Crippen LogP contribution in [-0.4, -0.2) is 59.0 Å². The van der Waals surface area contributed by atoms with Crippen LogP contribution in [0.5, 0.6) is 5.75 Å². The van der Waals surface area contributed by atoms with E-state index in [0.29, 0.717) is 36.9 Å². The summed E-state index contributed by atoms with van der Waals surface area (Å²) in [5.41, 5.74) is 0.921. The van der Waals surface area contributed by atoms with Gasteiger partial charge >= 0.3 is 5.97 Å². The van der Waals surface area contributed by atoms with Crippen LogP contribution in [0.25, 0.3) is 0 Å². The van der Waals surface area contributed by atoms with E-state index in [9.17, 15) is 24.6 Å². The van der Waals surface area contributed by atoms with E-state index < -0.39 is 35.7 Å². The van der Waals surface area contributed by atoms with Crippen molar-refractivity contribution >= 4 is 23.5 Å². The van der Waals surface area contributed by atoms with Crippen LogP contribution >= 0.6 is 0 Å².